The quantitative estimate of drug-likeness (QED) is 0.879. The molecule has 4 nitrogen and oxygen atoms in total. The van der Waals surface area contributed by atoms with Gasteiger partial charge in [-0.05, 0) is 49.8 Å². The van der Waals surface area contributed by atoms with Gasteiger partial charge in [0, 0.05) is 24.5 Å². The van der Waals surface area contributed by atoms with Crippen LogP contribution >= 0.6 is 0 Å². The summed E-state index contributed by atoms with van der Waals surface area (Å²) in [4.78, 5) is 11.6. The van der Waals surface area contributed by atoms with Gasteiger partial charge in [0.05, 0.1) is 0 Å². The van der Waals surface area contributed by atoms with Crippen LogP contribution in [-0.4, -0.2) is 22.6 Å². The highest BCUT2D eigenvalue weighted by molar-refractivity contribution is 5.59. The Morgan fingerprint density at radius 3 is 2.87 bits per heavy atom. The van der Waals surface area contributed by atoms with Crippen molar-refractivity contribution >= 4 is 17.5 Å². The van der Waals surface area contributed by atoms with Gasteiger partial charge in [-0.15, -0.1) is 0 Å². The number of piperidine rings is 1. The molecule has 0 aliphatic carbocycles. The standard InChI is InChI=1S/C19H26N4/c1-3-15-9-5-6-11-17(15)21-19-20-13-12-18(22-19)23-14-8-7-10-16(23)4-2/h5-6,9,11-13,16H,3-4,7-8,10,14H2,1-2H3,(H,20,21,22). The van der Waals surface area contributed by atoms with Crippen LogP contribution in [0.3, 0.4) is 0 Å². The third kappa shape index (κ3) is 3.63. The van der Waals surface area contributed by atoms with Crippen molar-refractivity contribution in [1.82, 2.24) is 9.97 Å². The molecule has 1 fully saturated rings. The van der Waals surface area contributed by atoms with E-state index < -0.39 is 0 Å². The number of rotatable bonds is 5. The van der Waals surface area contributed by atoms with Gasteiger partial charge in [-0.2, -0.15) is 4.98 Å². The van der Waals surface area contributed by atoms with Crippen molar-refractivity contribution in [1.29, 1.82) is 0 Å². The first kappa shape index (κ1) is 15.8. The molecule has 2 heterocycles. The van der Waals surface area contributed by atoms with Crippen LogP contribution in [0.15, 0.2) is 36.5 Å². The second-order valence-corrected chi connectivity index (χ2v) is 6.13. The zero-order valence-corrected chi connectivity index (χ0v) is 14.1. The van der Waals surface area contributed by atoms with Gasteiger partial charge in [0.1, 0.15) is 5.82 Å². The van der Waals surface area contributed by atoms with E-state index in [9.17, 15) is 0 Å². The predicted molar refractivity (Wildman–Crippen MR) is 96.4 cm³/mol. The summed E-state index contributed by atoms with van der Waals surface area (Å²) in [7, 11) is 0. The van der Waals surface area contributed by atoms with Gasteiger partial charge >= 0.3 is 0 Å². The maximum atomic E-state index is 4.77. The third-order valence-corrected chi connectivity index (χ3v) is 4.68. The van der Waals surface area contributed by atoms with Crippen molar-refractivity contribution in [3.8, 4) is 0 Å². The van der Waals surface area contributed by atoms with Gasteiger partial charge in [0.2, 0.25) is 5.95 Å². The molecular formula is C19H26N4. The summed E-state index contributed by atoms with van der Waals surface area (Å²) < 4.78 is 0. The summed E-state index contributed by atoms with van der Waals surface area (Å²) in [5, 5.41) is 3.39. The molecule has 1 atom stereocenters. The number of aryl methyl sites for hydroxylation is 1. The fourth-order valence-corrected chi connectivity index (χ4v) is 3.37. The van der Waals surface area contributed by atoms with E-state index in [1.807, 2.05) is 18.3 Å². The average molecular weight is 310 g/mol. The smallest absolute Gasteiger partial charge is 0.229 e. The lowest BCUT2D eigenvalue weighted by molar-refractivity contribution is 0.447. The Hall–Kier alpha value is -2.10. The summed E-state index contributed by atoms with van der Waals surface area (Å²) in [6, 6.07) is 11.0. The second kappa shape index (κ2) is 7.44. The molecule has 1 unspecified atom stereocenters. The van der Waals surface area contributed by atoms with Gasteiger partial charge in [-0.1, -0.05) is 32.0 Å². The lowest BCUT2D eigenvalue weighted by Crippen LogP contribution is -2.39. The number of hydrogen-bond acceptors (Lipinski definition) is 4. The summed E-state index contributed by atoms with van der Waals surface area (Å²) in [5.74, 6) is 1.73. The van der Waals surface area contributed by atoms with Gasteiger partial charge < -0.3 is 10.2 Å². The molecule has 1 saturated heterocycles. The maximum Gasteiger partial charge on any atom is 0.229 e. The van der Waals surface area contributed by atoms with Crippen LogP contribution < -0.4 is 10.2 Å². The molecule has 0 saturated carbocycles. The molecule has 0 bridgehead atoms. The fraction of sp³-hybridized carbons (Fsp3) is 0.474. The molecule has 4 heteroatoms. The average Bonchev–Trinajstić information content (AvgIpc) is 2.62. The zero-order valence-electron chi connectivity index (χ0n) is 14.1. The van der Waals surface area contributed by atoms with E-state index in [1.54, 1.807) is 0 Å². The fourth-order valence-electron chi connectivity index (χ4n) is 3.37. The molecule has 1 aromatic heterocycles. The Bertz CT molecular complexity index is 641. The highest BCUT2D eigenvalue weighted by Crippen LogP contribution is 2.26. The third-order valence-electron chi connectivity index (χ3n) is 4.68. The maximum absolute atomic E-state index is 4.77. The van der Waals surface area contributed by atoms with Crippen LogP contribution in [0.2, 0.25) is 0 Å². The highest BCUT2D eigenvalue weighted by Gasteiger charge is 2.22. The molecule has 0 radical (unpaired) electrons. The first-order valence-corrected chi connectivity index (χ1v) is 8.76. The Morgan fingerprint density at radius 1 is 1.17 bits per heavy atom. The number of anilines is 3. The first-order valence-electron chi connectivity index (χ1n) is 8.76. The van der Waals surface area contributed by atoms with Crippen LogP contribution in [0.4, 0.5) is 17.5 Å². The molecule has 1 aliphatic rings. The van der Waals surface area contributed by atoms with Crippen molar-refractivity contribution < 1.29 is 0 Å². The van der Waals surface area contributed by atoms with Gasteiger partial charge in [-0.25, -0.2) is 4.98 Å². The van der Waals surface area contributed by atoms with Crippen molar-refractivity contribution in [2.24, 2.45) is 0 Å². The van der Waals surface area contributed by atoms with Crippen molar-refractivity contribution in [3.63, 3.8) is 0 Å². The number of nitrogens with zero attached hydrogens (tertiary/aromatic N) is 3. The van der Waals surface area contributed by atoms with Gasteiger partial charge in [-0.3, -0.25) is 0 Å². The molecule has 3 rings (SSSR count). The van der Waals surface area contributed by atoms with E-state index in [-0.39, 0.29) is 0 Å². The van der Waals surface area contributed by atoms with Gasteiger partial charge in [0.15, 0.2) is 0 Å². The van der Waals surface area contributed by atoms with Crippen molar-refractivity contribution in [3.05, 3.63) is 42.1 Å². The Balaban J connectivity index is 1.82. The minimum absolute atomic E-state index is 0.606. The van der Waals surface area contributed by atoms with Crippen molar-refractivity contribution in [2.75, 3.05) is 16.8 Å². The Kier molecular flexibility index (Phi) is 5.11. The van der Waals surface area contributed by atoms with E-state index in [4.69, 9.17) is 4.98 Å². The lowest BCUT2D eigenvalue weighted by Gasteiger charge is -2.36. The number of nitrogens with one attached hydrogen (secondary N) is 1. The molecule has 0 amide bonds. The Morgan fingerprint density at radius 2 is 2.04 bits per heavy atom. The number of benzene rings is 1. The minimum atomic E-state index is 0.606. The van der Waals surface area contributed by atoms with E-state index in [1.165, 1.54) is 31.2 Å². The van der Waals surface area contributed by atoms with Crippen LogP contribution in [0.5, 0.6) is 0 Å². The highest BCUT2D eigenvalue weighted by atomic mass is 15.2. The topological polar surface area (TPSA) is 41.1 Å². The number of para-hydroxylation sites is 1. The first-order chi connectivity index (χ1) is 11.3. The molecule has 1 aliphatic heterocycles. The van der Waals surface area contributed by atoms with E-state index >= 15 is 0 Å². The number of hydrogen-bond donors (Lipinski definition) is 1. The summed E-state index contributed by atoms with van der Waals surface area (Å²) >= 11 is 0. The van der Waals surface area contributed by atoms with E-state index in [0.29, 0.717) is 12.0 Å². The molecule has 1 aromatic carbocycles. The van der Waals surface area contributed by atoms with Crippen LogP contribution in [0, 0.1) is 0 Å². The molecule has 23 heavy (non-hydrogen) atoms. The molecule has 2 aromatic rings. The van der Waals surface area contributed by atoms with Crippen LogP contribution in [0.1, 0.15) is 45.1 Å². The Labute approximate surface area is 139 Å². The predicted octanol–water partition coefficient (Wildman–Crippen LogP) is 4.55. The lowest BCUT2D eigenvalue weighted by atomic mass is 10.0. The molecule has 122 valence electrons. The van der Waals surface area contributed by atoms with E-state index in [2.05, 4.69) is 47.2 Å². The molecule has 0 spiro atoms. The van der Waals surface area contributed by atoms with E-state index in [0.717, 1.165) is 24.5 Å². The van der Waals surface area contributed by atoms with Crippen LogP contribution in [0.25, 0.3) is 0 Å². The normalized spacial score (nSPS) is 18.0. The van der Waals surface area contributed by atoms with Crippen LogP contribution in [-0.2, 0) is 6.42 Å². The monoisotopic (exact) mass is 310 g/mol. The SMILES string of the molecule is CCc1ccccc1Nc1nccc(N2CCCCC2CC)n1. The summed E-state index contributed by atoms with van der Waals surface area (Å²) in [6.07, 6.45) is 7.87. The largest absolute Gasteiger partial charge is 0.353 e. The molecule has 1 N–H and O–H groups in total. The molecular weight excluding hydrogens is 284 g/mol. The summed E-state index contributed by atoms with van der Waals surface area (Å²) in [5.41, 5.74) is 2.38. The number of aromatic nitrogens is 2. The summed E-state index contributed by atoms with van der Waals surface area (Å²) in [6.45, 7) is 5.53. The minimum Gasteiger partial charge on any atom is -0.353 e. The van der Waals surface area contributed by atoms with Crippen molar-refractivity contribution in [2.45, 2.75) is 52.0 Å². The zero-order chi connectivity index (χ0) is 16.1. The van der Waals surface area contributed by atoms with Gasteiger partial charge in [0.25, 0.3) is 0 Å². The second-order valence-electron chi connectivity index (χ2n) is 6.13.